The van der Waals surface area contributed by atoms with Gasteiger partial charge in [0, 0.05) is 12.5 Å². The molecule has 82 valence electrons. The Morgan fingerprint density at radius 3 is 2.71 bits per heavy atom. The van der Waals surface area contributed by atoms with Gasteiger partial charge in [-0.25, -0.2) is 9.18 Å². The molecule has 14 heavy (non-hydrogen) atoms. The molecule has 0 heterocycles. The number of alkyl halides is 1. The molecular weight excluding hydrogens is 189 g/mol. The van der Waals surface area contributed by atoms with Gasteiger partial charge in [-0.2, -0.15) is 0 Å². The van der Waals surface area contributed by atoms with Gasteiger partial charge < -0.3 is 15.2 Å². The van der Waals surface area contributed by atoms with Gasteiger partial charge in [-0.05, 0) is 12.3 Å². The molecule has 4 nitrogen and oxygen atoms in total. The molecule has 1 aliphatic carbocycles. The Morgan fingerprint density at radius 2 is 2.14 bits per heavy atom. The van der Waals surface area contributed by atoms with Crippen LogP contribution in [0.25, 0.3) is 0 Å². The molecule has 0 spiro atoms. The molecule has 0 radical (unpaired) electrons. The summed E-state index contributed by atoms with van der Waals surface area (Å²) in [6.07, 6.45) is -1.58. The first-order valence-corrected chi connectivity index (χ1v) is 4.68. The van der Waals surface area contributed by atoms with Gasteiger partial charge in [0.15, 0.2) is 0 Å². The van der Waals surface area contributed by atoms with E-state index in [2.05, 4.69) is 4.74 Å². The highest BCUT2D eigenvalue weighted by molar-refractivity contribution is 5.59. The van der Waals surface area contributed by atoms with Gasteiger partial charge in [0.1, 0.15) is 12.3 Å². The highest BCUT2D eigenvalue weighted by Gasteiger charge is 2.35. The van der Waals surface area contributed by atoms with Gasteiger partial charge >= 0.3 is 6.16 Å². The van der Waals surface area contributed by atoms with Crippen LogP contribution in [0.1, 0.15) is 19.8 Å². The predicted octanol–water partition coefficient (Wildman–Crippen LogP) is 1.23. The molecule has 0 amide bonds. The summed E-state index contributed by atoms with van der Waals surface area (Å²) in [4.78, 5) is 10.8. The lowest BCUT2D eigenvalue weighted by atomic mass is 9.84. The second-order valence-corrected chi connectivity index (χ2v) is 3.74. The third-order valence-electron chi connectivity index (χ3n) is 2.61. The van der Waals surface area contributed by atoms with Crippen LogP contribution in [0.5, 0.6) is 0 Å². The molecule has 2 N–H and O–H groups in total. The van der Waals surface area contributed by atoms with Crippen LogP contribution < -0.4 is 5.73 Å². The van der Waals surface area contributed by atoms with Gasteiger partial charge in [-0.15, -0.1) is 0 Å². The first kappa shape index (κ1) is 11.2. The fourth-order valence-electron chi connectivity index (χ4n) is 1.69. The molecule has 1 fully saturated rings. The van der Waals surface area contributed by atoms with E-state index in [0.29, 0.717) is 6.42 Å². The first-order valence-electron chi connectivity index (χ1n) is 4.68. The normalized spacial score (nSPS) is 37.7. The molecule has 0 aromatic heterocycles. The Bertz CT molecular complexity index is 212. The van der Waals surface area contributed by atoms with Crippen molar-refractivity contribution in [2.24, 2.45) is 11.7 Å². The summed E-state index contributed by atoms with van der Waals surface area (Å²) in [5.74, 6) is 0.0797. The van der Waals surface area contributed by atoms with E-state index in [0.717, 1.165) is 0 Å². The Labute approximate surface area is 82.5 Å². The van der Waals surface area contributed by atoms with E-state index in [1.165, 1.54) is 7.11 Å². The molecule has 5 heteroatoms. The predicted molar refractivity (Wildman–Crippen MR) is 48.5 cm³/mol. The van der Waals surface area contributed by atoms with Crippen LogP contribution in [0.3, 0.4) is 0 Å². The second kappa shape index (κ2) is 4.59. The summed E-state index contributed by atoms with van der Waals surface area (Å²) in [6, 6.07) is -0.442. The van der Waals surface area contributed by atoms with Crippen LogP contribution in [-0.2, 0) is 9.47 Å². The van der Waals surface area contributed by atoms with Crippen molar-refractivity contribution in [2.75, 3.05) is 7.11 Å². The maximum absolute atomic E-state index is 13.2. The molecule has 4 unspecified atom stereocenters. The molecule has 4 atom stereocenters. The lowest BCUT2D eigenvalue weighted by Gasteiger charge is -2.33. The number of ether oxygens (including phenoxy) is 2. The lowest BCUT2D eigenvalue weighted by Crippen LogP contribution is -2.45. The second-order valence-electron chi connectivity index (χ2n) is 3.74. The van der Waals surface area contributed by atoms with Gasteiger partial charge in [0.2, 0.25) is 0 Å². The minimum Gasteiger partial charge on any atom is -0.438 e. The summed E-state index contributed by atoms with van der Waals surface area (Å²) >= 11 is 0. The highest BCUT2D eigenvalue weighted by atomic mass is 19.1. The van der Waals surface area contributed by atoms with E-state index in [1.54, 1.807) is 0 Å². The number of halogens is 1. The standard InChI is InChI=1S/C9H16FNO3/c1-5-3-7(11)6(10)4-8(5)14-9(12)13-2/h5-8H,3-4,11H2,1-2H3. The molecule has 1 aliphatic rings. The third kappa shape index (κ3) is 2.57. The van der Waals surface area contributed by atoms with E-state index in [4.69, 9.17) is 10.5 Å². The van der Waals surface area contributed by atoms with Crippen LogP contribution in [0, 0.1) is 5.92 Å². The van der Waals surface area contributed by atoms with Crippen LogP contribution in [0.2, 0.25) is 0 Å². The number of hydrogen-bond donors (Lipinski definition) is 1. The van der Waals surface area contributed by atoms with E-state index >= 15 is 0 Å². The van der Waals surface area contributed by atoms with E-state index < -0.39 is 24.5 Å². The number of rotatable bonds is 1. The van der Waals surface area contributed by atoms with Crippen LogP contribution in [0.15, 0.2) is 0 Å². The van der Waals surface area contributed by atoms with Gasteiger partial charge in [-0.3, -0.25) is 0 Å². The third-order valence-corrected chi connectivity index (χ3v) is 2.61. The zero-order valence-electron chi connectivity index (χ0n) is 8.40. The van der Waals surface area contributed by atoms with Crippen molar-refractivity contribution in [3.05, 3.63) is 0 Å². The summed E-state index contributed by atoms with van der Waals surface area (Å²) in [7, 11) is 1.23. The molecule has 1 rings (SSSR count). The number of hydrogen-bond acceptors (Lipinski definition) is 4. The largest absolute Gasteiger partial charge is 0.508 e. The number of nitrogens with two attached hydrogens (primary N) is 1. The minimum atomic E-state index is -1.10. The van der Waals surface area contributed by atoms with Gasteiger partial charge in [0.05, 0.1) is 7.11 Å². The fraction of sp³-hybridized carbons (Fsp3) is 0.889. The van der Waals surface area contributed by atoms with Crippen molar-refractivity contribution in [3.63, 3.8) is 0 Å². The van der Waals surface area contributed by atoms with Crippen molar-refractivity contribution >= 4 is 6.16 Å². The summed E-state index contributed by atoms with van der Waals surface area (Å²) in [5, 5.41) is 0. The van der Waals surface area contributed by atoms with Crippen LogP contribution >= 0.6 is 0 Å². The quantitative estimate of drug-likeness (QED) is 0.654. The molecule has 0 aliphatic heterocycles. The zero-order chi connectivity index (χ0) is 10.7. The van der Waals surface area contributed by atoms with E-state index in [9.17, 15) is 9.18 Å². The van der Waals surface area contributed by atoms with E-state index in [-0.39, 0.29) is 12.3 Å². The summed E-state index contributed by atoms with van der Waals surface area (Å²) in [5.41, 5.74) is 5.55. The Hall–Kier alpha value is -0.840. The monoisotopic (exact) mass is 205 g/mol. The van der Waals surface area contributed by atoms with Crippen LogP contribution in [-0.4, -0.2) is 31.6 Å². The molecule has 0 bridgehead atoms. The summed E-state index contributed by atoms with van der Waals surface area (Å²) < 4.78 is 22.5. The van der Waals surface area contributed by atoms with Crippen LogP contribution in [0.4, 0.5) is 9.18 Å². The first-order chi connectivity index (χ1) is 6.54. The number of carbonyl (C=O) groups is 1. The smallest absolute Gasteiger partial charge is 0.438 e. The molecule has 1 saturated carbocycles. The summed E-state index contributed by atoms with van der Waals surface area (Å²) in [6.45, 7) is 1.89. The Morgan fingerprint density at radius 1 is 1.50 bits per heavy atom. The molecule has 0 saturated heterocycles. The SMILES string of the molecule is COC(=O)OC1CC(F)C(N)CC1C. The Balaban J connectivity index is 2.48. The topological polar surface area (TPSA) is 61.5 Å². The van der Waals surface area contributed by atoms with Crippen molar-refractivity contribution < 1.29 is 18.7 Å². The van der Waals surface area contributed by atoms with E-state index in [1.807, 2.05) is 6.92 Å². The molecular formula is C9H16FNO3. The van der Waals surface area contributed by atoms with Crippen molar-refractivity contribution in [1.29, 1.82) is 0 Å². The van der Waals surface area contributed by atoms with Crippen molar-refractivity contribution in [3.8, 4) is 0 Å². The Kier molecular flexibility index (Phi) is 3.69. The maximum Gasteiger partial charge on any atom is 0.508 e. The number of methoxy groups -OCH3 is 1. The van der Waals surface area contributed by atoms with Crippen molar-refractivity contribution in [2.45, 2.75) is 38.1 Å². The van der Waals surface area contributed by atoms with Gasteiger partial charge in [0.25, 0.3) is 0 Å². The number of carbonyl (C=O) groups excluding carboxylic acids is 1. The minimum absolute atomic E-state index is 0.0797. The van der Waals surface area contributed by atoms with Gasteiger partial charge in [-0.1, -0.05) is 6.92 Å². The maximum atomic E-state index is 13.2. The molecule has 0 aromatic carbocycles. The highest BCUT2D eigenvalue weighted by Crippen LogP contribution is 2.28. The molecule has 0 aromatic rings. The lowest BCUT2D eigenvalue weighted by molar-refractivity contribution is -0.0203. The zero-order valence-corrected chi connectivity index (χ0v) is 8.40. The average molecular weight is 205 g/mol. The fourth-order valence-corrected chi connectivity index (χ4v) is 1.69. The average Bonchev–Trinajstić information content (AvgIpc) is 2.14. The van der Waals surface area contributed by atoms with Crippen molar-refractivity contribution in [1.82, 2.24) is 0 Å².